The van der Waals surface area contributed by atoms with Crippen molar-refractivity contribution >= 4 is 12.4 Å². The summed E-state index contributed by atoms with van der Waals surface area (Å²) in [6.07, 6.45) is 2.32. The van der Waals surface area contributed by atoms with E-state index >= 15 is 0 Å². The molecule has 1 unspecified atom stereocenters. The number of para-hydroxylation sites is 1. The number of halogens is 1. The minimum atomic E-state index is 0. The van der Waals surface area contributed by atoms with Gasteiger partial charge in [0.15, 0.2) is 5.82 Å². The van der Waals surface area contributed by atoms with E-state index in [0.29, 0.717) is 11.9 Å². The van der Waals surface area contributed by atoms with Crippen molar-refractivity contribution in [3.63, 3.8) is 0 Å². The lowest BCUT2D eigenvalue weighted by Gasteiger charge is -2.06. The van der Waals surface area contributed by atoms with Crippen molar-refractivity contribution in [3.8, 4) is 5.75 Å². The number of rotatable bonds is 7. The zero-order valence-corrected chi connectivity index (χ0v) is 13.4. The van der Waals surface area contributed by atoms with E-state index < -0.39 is 0 Å². The third-order valence-corrected chi connectivity index (χ3v) is 3.29. The fourth-order valence-corrected chi connectivity index (χ4v) is 2.00. The number of hydrogen-bond acceptors (Lipinski definition) is 5. The number of aromatic nitrogens is 2. The molecule has 5 nitrogen and oxygen atoms in total. The monoisotopic (exact) mass is 311 g/mol. The molecule has 0 fully saturated rings. The van der Waals surface area contributed by atoms with Crippen LogP contribution in [0.25, 0.3) is 0 Å². The summed E-state index contributed by atoms with van der Waals surface area (Å²) in [6.45, 7) is 2.09. The van der Waals surface area contributed by atoms with Crippen LogP contribution in [0.4, 0.5) is 0 Å². The molecule has 0 radical (unpaired) electrons. The predicted molar refractivity (Wildman–Crippen MR) is 84.2 cm³/mol. The molecule has 1 heterocycles. The Hall–Kier alpha value is -1.59. The van der Waals surface area contributed by atoms with Crippen LogP contribution in [-0.4, -0.2) is 30.3 Å². The average molecular weight is 312 g/mol. The summed E-state index contributed by atoms with van der Waals surface area (Å²) in [5, 5.41) is 7.16. The largest absolute Gasteiger partial charge is 0.496 e. The fourth-order valence-electron chi connectivity index (χ4n) is 2.00. The highest BCUT2D eigenvalue weighted by molar-refractivity contribution is 5.85. The number of aryl methyl sites for hydroxylation is 2. The van der Waals surface area contributed by atoms with E-state index in [1.54, 1.807) is 7.11 Å². The molecule has 0 spiro atoms. The summed E-state index contributed by atoms with van der Waals surface area (Å²) >= 11 is 0. The molecule has 1 N–H and O–H groups in total. The highest BCUT2D eigenvalue weighted by atomic mass is 35.5. The normalized spacial score (nSPS) is 11.8. The molecule has 0 aliphatic rings. The predicted octanol–water partition coefficient (Wildman–Crippen LogP) is 2.44. The fraction of sp³-hybridized carbons (Fsp3) is 0.467. The number of nitrogens with zero attached hydrogens (tertiary/aromatic N) is 2. The number of likely N-dealkylation sites (N-methyl/N-ethyl adjacent to an activating group) is 1. The van der Waals surface area contributed by atoms with Crippen LogP contribution in [0.2, 0.25) is 0 Å². The minimum Gasteiger partial charge on any atom is -0.496 e. The van der Waals surface area contributed by atoms with Gasteiger partial charge >= 0.3 is 0 Å². The van der Waals surface area contributed by atoms with Crippen LogP contribution in [0, 0.1) is 0 Å². The van der Waals surface area contributed by atoms with Crippen LogP contribution < -0.4 is 10.1 Å². The van der Waals surface area contributed by atoms with Crippen molar-refractivity contribution in [2.24, 2.45) is 0 Å². The second kappa shape index (κ2) is 8.64. The van der Waals surface area contributed by atoms with E-state index in [1.165, 1.54) is 0 Å². The summed E-state index contributed by atoms with van der Waals surface area (Å²) < 4.78 is 10.6. The SMILES string of the molecule is CNC(C)Cc1noc(CCc2ccccc2OC)n1.Cl. The Bertz CT molecular complexity index is 545. The van der Waals surface area contributed by atoms with Gasteiger partial charge < -0.3 is 14.6 Å². The highest BCUT2D eigenvalue weighted by Crippen LogP contribution is 2.19. The quantitative estimate of drug-likeness (QED) is 0.851. The van der Waals surface area contributed by atoms with Gasteiger partial charge in [-0.05, 0) is 32.0 Å². The van der Waals surface area contributed by atoms with E-state index in [0.717, 1.165) is 36.4 Å². The summed E-state index contributed by atoms with van der Waals surface area (Å²) in [4.78, 5) is 4.41. The van der Waals surface area contributed by atoms with Crippen LogP contribution >= 0.6 is 12.4 Å². The Kier molecular flexibility index (Phi) is 7.19. The van der Waals surface area contributed by atoms with Crippen LogP contribution in [0.5, 0.6) is 5.75 Å². The standard InChI is InChI=1S/C15H21N3O2.ClH/c1-11(16-2)10-14-17-15(20-18-14)9-8-12-6-4-5-7-13(12)19-3;/h4-7,11,16H,8-10H2,1-3H3;1H. The van der Waals surface area contributed by atoms with Crippen molar-refractivity contribution in [2.45, 2.75) is 32.2 Å². The van der Waals surface area contributed by atoms with Crippen molar-refractivity contribution in [2.75, 3.05) is 14.2 Å². The van der Waals surface area contributed by atoms with Gasteiger partial charge in [0.05, 0.1) is 7.11 Å². The molecule has 1 atom stereocenters. The first kappa shape index (κ1) is 17.5. The van der Waals surface area contributed by atoms with Crippen molar-refractivity contribution in [1.29, 1.82) is 0 Å². The van der Waals surface area contributed by atoms with Crippen molar-refractivity contribution in [3.05, 3.63) is 41.5 Å². The second-order valence-corrected chi connectivity index (χ2v) is 4.81. The molecule has 0 saturated heterocycles. The maximum absolute atomic E-state index is 5.33. The summed E-state index contributed by atoms with van der Waals surface area (Å²) in [5.41, 5.74) is 1.15. The zero-order valence-electron chi connectivity index (χ0n) is 12.6. The maximum Gasteiger partial charge on any atom is 0.226 e. The lowest BCUT2D eigenvalue weighted by molar-refractivity contribution is 0.369. The number of hydrogen-bond donors (Lipinski definition) is 1. The van der Waals surface area contributed by atoms with Crippen LogP contribution in [0.1, 0.15) is 24.2 Å². The molecule has 6 heteroatoms. The van der Waals surface area contributed by atoms with Gasteiger partial charge in [0.25, 0.3) is 0 Å². The molecule has 0 aliphatic heterocycles. The van der Waals surface area contributed by atoms with Gasteiger partial charge in [0.2, 0.25) is 5.89 Å². The number of benzene rings is 1. The molecular weight excluding hydrogens is 290 g/mol. The molecule has 1 aromatic heterocycles. The van der Waals surface area contributed by atoms with Crippen molar-refractivity contribution < 1.29 is 9.26 Å². The minimum absolute atomic E-state index is 0. The highest BCUT2D eigenvalue weighted by Gasteiger charge is 2.10. The molecule has 1 aromatic carbocycles. The molecule has 21 heavy (non-hydrogen) atoms. The van der Waals surface area contributed by atoms with Crippen LogP contribution in [-0.2, 0) is 19.3 Å². The first-order chi connectivity index (χ1) is 9.72. The van der Waals surface area contributed by atoms with E-state index in [1.807, 2.05) is 25.2 Å². The third kappa shape index (κ3) is 5.02. The molecule has 0 saturated carbocycles. The zero-order chi connectivity index (χ0) is 14.4. The van der Waals surface area contributed by atoms with E-state index in [-0.39, 0.29) is 12.4 Å². The second-order valence-electron chi connectivity index (χ2n) is 4.81. The summed E-state index contributed by atoms with van der Waals surface area (Å²) in [5.74, 6) is 2.33. The Morgan fingerprint density at radius 2 is 2.05 bits per heavy atom. The Balaban J connectivity index is 0.00000220. The first-order valence-electron chi connectivity index (χ1n) is 6.83. The molecule has 0 amide bonds. The molecule has 0 bridgehead atoms. The molecular formula is C15H22ClN3O2. The molecule has 0 aliphatic carbocycles. The molecule has 2 rings (SSSR count). The number of nitrogens with one attached hydrogen (secondary N) is 1. The van der Waals surface area contributed by atoms with Crippen molar-refractivity contribution in [1.82, 2.24) is 15.5 Å². The van der Waals surface area contributed by atoms with Gasteiger partial charge in [-0.25, -0.2) is 0 Å². The Morgan fingerprint density at radius 3 is 2.76 bits per heavy atom. The average Bonchev–Trinajstić information content (AvgIpc) is 2.92. The first-order valence-corrected chi connectivity index (χ1v) is 6.83. The topological polar surface area (TPSA) is 60.2 Å². The van der Waals surface area contributed by atoms with Crippen LogP contribution in [0.15, 0.2) is 28.8 Å². The maximum atomic E-state index is 5.33. The third-order valence-electron chi connectivity index (χ3n) is 3.29. The van der Waals surface area contributed by atoms with Gasteiger partial charge in [-0.1, -0.05) is 23.4 Å². The van der Waals surface area contributed by atoms with Gasteiger partial charge in [-0.3, -0.25) is 0 Å². The van der Waals surface area contributed by atoms with E-state index in [4.69, 9.17) is 9.26 Å². The Labute approximate surface area is 131 Å². The lowest BCUT2D eigenvalue weighted by Crippen LogP contribution is -2.24. The van der Waals surface area contributed by atoms with Gasteiger partial charge in [0.1, 0.15) is 5.75 Å². The smallest absolute Gasteiger partial charge is 0.226 e. The van der Waals surface area contributed by atoms with Gasteiger partial charge in [0, 0.05) is 18.9 Å². The summed E-state index contributed by atoms with van der Waals surface area (Å²) in [7, 11) is 3.61. The number of methoxy groups -OCH3 is 1. The lowest BCUT2D eigenvalue weighted by atomic mass is 10.1. The van der Waals surface area contributed by atoms with E-state index in [9.17, 15) is 0 Å². The van der Waals surface area contributed by atoms with Gasteiger partial charge in [-0.2, -0.15) is 4.98 Å². The molecule has 2 aromatic rings. The Morgan fingerprint density at radius 1 is 1.29 bits per heavy atom. The van der Waals surface area contributed by atoms with Gasteiger partial charge in [-0.15, -0.1) is 12.4 Å². The number of ether oxygens (including phenoxy) is 1. The van der Waals surface area contributed by atoms with E-state index in [2.05, 4.69) is 28.4 Å². The summed E-state index contributed by atoms with van der Waals surface area (Å²) in [6, 6.07) is 8.33. The van der Waals surface area contributed by atoms with Crippen LogP contribution in [0.3, 0.4) is 0 Å². The molecule has 116 valence electrons.